The molecule has 27 heavy (non-hydrogen) atoms. The number of rotatable bonds is 4. The first-order chi connectivity index (χ1) is 12.8. The van der Waals surface area contributed by atoms with Crippen LogP contribution in [0.25, 0.3) is 10.9 Å². The predicted octanol–water partition coefficient (Wildman–Crippen LogP) is 1.11. The van der Waals surface area contributed by atoms with Gasteiger partial charge in [0.2, 0.25) is 6.30 Å². The van der Waals surface area contributed by atoms with E-state index in [4.69, 9.17) is 15.2 Å². The van der Waals surface area contributed by atoms with Crippen molar-refractivity contribution < 1.29 is 23.5 Å². The van der Waals surface area contributed by atoms with Crippen LogP contribution in [0.1, 0.15) is 24.2 Å². The first-order valence-electron chi connectivity index (χ1n) is 8.48. The van der Waals surface area contributed by atoms with Gasteiger partial charge in [0.1, 0.15) is 17.9 Å². The molecule has 1 aromatic carbocycles. The number of alkyl halides is 1. The number of nitrogens with zero attached hydrogens (tertiary/aromatic N) is 3. The molecule has 0 spiro atoms. The van der Waals surface area contributed by atoms with Gasteiger partial charge in [-0.3, -0.25) is 4.79 Å². The number of carbonyl (C=O) groups excluding carboxylic acids is 2. The van der Waals surface area contributed by atoms with Gasteiger partial charge >= 0.3 is 6.09 Å². The highest BCUT2D eigenvalue weighted by Gasteiger charge is 2.50. The fourth-order valence-electron chi connectivity index (χ4n) is 3.41. The Morgan fingerprint density at radius 1 is 1.44 bits per heavy atom. The van der Waals surface area contributed by atoms with Crippen LogP contribution in [0.2, 0.25) is 0 Å². The van der Waals surface area contributed by atoms with Crippen LogP contribution < -0.4 is 20.7 Å². The zero-order valence-electron chi connectivity index (χ0n) is 14.7. The molecular formula is C17H18FN5O4. The van der Waals surface area contributed by atoms with E-state index in [1.807, 2.05) is 13.8 Å². The molecule has 2 amide bonds. The predicted molar refractivity (Wildman–Crippen MR) is 93.3 cm³/mol. The number of fused-ring (bicyclic) bond motifs is 2. The highest BCUT2D eigenvalue weighted by Crippen LogP contribution is 2.36. The van der Waals surface area contributed by atoms with Crippen molar-refractivity contribution in [1.82, 2.24) is 15.3 Å². The zero-order valence-corrected chi connectivity index (χ0v) is 14.7. The monoisotopic (exact) mass is 375 g/mol. The summed E-state index contributed by atoms with van der Waals surface area (Å²) in [6, 6.07) is 2.63. The highest BCUT2D eigenvalue weighted by molar-refractivity contribution is 6.02. The molecule has 2 aliphatic heterocycles. The number of nitrogens with one attached hydrogen (secondary N) is 1. The number of nitrogens with two attached hydrogens (primary N) is 1. The molecule has 0 aliphatic carbocycles. The Morgan fingerprint density at radius 2 is 2.22 bits per heavy atom. The van der Waals surface area contributed by atoms with Gasteiger partial charge < -0.3 is 25.4 Å². The van der Waals surface area contributed by atoms with Gasteiger partial charge in [-0.2, -0.15) is 0 Å². The molecule has 0 radical (unpaired) electrons. The number of ether oxygens (including phenoxy) is 2. The van der Waals surface area contributed by atoms with Crippen LogP contribution in [0, 0.1) is 0 Å². The van der Waals surface area contributed by atoms with Crippen molar-refractivity contribution in [3.63, 3.8) is 0 Å². The Labute approximate surface area is 153 Å². The Kier molecular flexibility index (Phi) is 3.97. The van der Waals surface area contributed by atoms with Crippen LogP contribution in [0.4, 0.5) is 15.0 Å². The number of amides is 2. The molecule has 3 heterocycles. The maximum Gasteiger partial charge on any atom is 0.408 e. The number of anilines is 1. The molecule has 2 fully saturated rings. The normalized spacial score (nSPS) is 24.1. The lowest BCUT2D eigenvalue weighted by molar-refractivity contribution is 0.0910. The Hall–Kier alpha value is -3.17. The average Bonchev–Trinajstić information content (AvgIpc) is 3.10. The fourth-order valence-corrected chi connectivity index (χ4v) is 3.41. The number of hydrogen-bond donors (Lipinski definition) is 2. The highest BCUT2D eigenvalue weighted by atomic mass is 19.1. The first kappa shape index (κ1) is 17.3. The third-order valence-electron chi connectivity index (χ3n) is 4.52. The molecule has 0 bridgehead atoms. The Bertz CT molecular complexity index is 937. The number of benzene rings is 1. The molecule has 2 aliphatic rings. The van der Waals surface area contributed by atoms with Crippen molar-refractivity contribution in [2.24, 2.45) is 5.73 Å². The molecular weight excluding hydrogens is 357 g/mol. The summed E-state index contributed by atoms with van der Waals surface area (Å²) in [5, 5.41) is 3.09. The summed E-state index contributed by atoms with van der Waals surface area (Å²) in [4.78, 5) is 32.9. The number of primary amides is 1. The number of aromatic nitrogens is 2. The fraction of sp³-hybridized carbons (Fsp3) is 0.412. The topological polar surface area (TPSA) is 120 Å². The van der Waals surface area contributed by atoms with Crippen molar-refractivity contribution in [3.05, 3.63) is 24.0 Å². The summed E-state index contributed by atoms with van der Waals surface area (Å²) in [6.45, 7) is 3.83. The van der Waals surface area contributed by atoms with Gasteiger partial charge in [0.25, 0.3) is 5.91 Å². The molecule has 3 N–H and O–H groups in total. The summed E-state index contributed by atoms with van der Waals surface area (Å²) in [5.41, 5.74) is 6.07. The SMILES string of the molecule is CC(C)Oc1cc2c(N3C[C@H]4NC(=O)O[C@H]4[C@H]3F)ncnc2cc1C(N)=O. The molecule has 10 heteroatoms. The smallest absolute Gasteiger partial charge is 0.408 e. The minimum Gasteiger partial charge on any atom is -0.490 e. The second-order valence-electron chi connectivity index (χ2n) is 6.74. The second-order valence-corrected chi connectivity index (χ2v) is 6.74. The molecule has 142 valence electrons. The minimum absolute atomic E-state index is 0.187. The van der Waals surface area contributed by atoms with E-state index in [1.54, 1.807) is 6.07 Å². The summed E-state index contributed by atoms with van der Waals surface area (Å²) in [7, 11) is 0. The number of hydrogen-bond acceptors (Lipinski definition) is 7. The first-order valence-corrected chi connectivity index (χ1v) is 8.48. The lowest BCUT2D eigenvalue weighted by Gasteiger charge is -2.23. The molecule has 0 saturated carbocycles. The summed E-state index contributed by atoms with van der Waals surface area (Å²) < 4.78 is 25.6. The number of halogens is 1. The zero-order chi connectivity index (χ0) is 19.3. The number of alkyl carbamates (subject to hydrolysis) is 1. The number of carbonyl (C=O) groups is 2. The maximum absolute atomic E-state index is 14.9. The average molecular weight is 375 g/mol. The molecule has 2 saturated heterocycles. The Balaban J connectivity index is 1.80. The quantitative estimate of drug-likeness (QED) is 0.768. The molecule has 1 aromatic heterocycles. The van der Waals surface area contributed by atoms with Crippen molar-refractivity contribution in [2.45, 2.75) is 38.4 Å². The van der Waals surface area contributed by atoms with Gasteiger partial charge in [0, 0.05) is 11.9 Å². The summed E-state index contributed by atoms with van der Waals surface area (Å²) in [6.07, 6.45) is -2.00. The molecule has 3 atom stereocenters. The van der Waals surface area contributed by atoms with Gasteiger partial charge in [-0.15, -0.1) is 0 Å². The molecule has 9 nitrogen and oxygen atoms in total. The van der Waals surface area contributed by atoms with E-state index in [0.717, 1.165) is 0 Å². The third-order valence-corrected chi connectivity index (χ3v) is 4.52. The summed E-state index contributed by atoms with van der Waals surface area (Å²) in [5.74, 6) is -0.0484. The van der Waals surface area contributed by atoms with E-state index in [2.05, 4.69) is 15.3 Å². The maximum atomic E-state index is 14.9. The van der Waals surface area contributed by atoms with Gasteiger partial charge in [0.05, 0.1) is 23.2 Å². The summed E-state index contributed by atoms with van der Waals surface area (Å²) >= 11 is 0. The Morgan fingerprint density at radius 3 is 2.89 bits per heavy atom. The van der Waals surface area contributed by atoms with E-state index in [-0.39, 0.29) is 24.0 Å². The largest absolute Gasteiger partial charge is 0.490 e. The van der Waals surface area contributed by atoms with Crippen LogP contribution in [-0.4, -0.2) is 53.1 Å². The van der Waals surface area contributed by atoms with E-state index in [1.165, 1.54) is 17.3 Å². The minimum atomic E-state index is -1.56. The van der Waals surface area contributed by atoms with Crippen LogP contribution in [0.3, 0.4) is 0 Å². The lowest BCUT2D eigenvalue weighted by Crippen LogP contribution is -2.34. The van der Waals surface area contributed by atoms with E-state index in [0.29, 0.717) is 16.7 Å². The van der Waals surface area contributed by atoms with Gasteiger partial charge in [0.15, 0.2) is 6.10 Å². The third kappa shape index (κ3) is 2.86. The molecule has 0 unspecified atom stereocenters. The van der Waals surface area contributed by atoms with Gasteiger partial charge in [-0.1, -0.05) is 0 Å². The van der Waals surface area contributed by atoms with E-state index >= 15 is 0 Å². The molecule has 4 rings (SSSR count). The molecule has 2 aromatic rings. The van der Waals surface area contributed by atoms with Crippen LogP contribution in [0.15, 0.2) is 18.5 Å². The van der Waals surface area contributed by atoms with Crippen molar-refractivity contribution in [3.8, 4) is 5.75 Å². The lowest BCUT2D eigenvalue weighted by atomic mass is 10.1. The standard InChI is InChI=1S/C17H18FN5O4/c1-7(2)26-12-4-8-10(3-9(12)15(19)24)20-6-21-16(8)23-5-11-13(14(23)18)27-17(25)22-11/h3-4,6-7,11,13-14H,5H2,1-2H3,(H2,19,24)(H,22,25)/t11-,13-,14+/m1/s1. The van der Waals surface area contributed by atoms with Crippen molar-refractivity contribution in [2.75, 3.05) is 11.4 Å². The van der Waals surface area contributed by atoms with Crippen molar-refractivity contribution in [1.29, 1.82) is 0 Å². The second kappa shape index (κ2) is 6.22. The van der Waals surface area contributed by atoms with Gasteiger partial charge in [-0.05, 0) is 26.0 Å². The van der Waals surface area contributed by atoms with Gasteiger partial charge in [-0.25, -0.2) is 19.2 Å². The van der Waals surface area contributed by atoms with Crippen molar-refractivity contribution >= 4 is 28.7 Å². The van der Waals surface area contributed by atoms with Crippen LogP contribution in [-0.2, 0) is 4.74 Å². The van der Waals surface area contributed by atoms with E-state index in [9.17, 15) is 14.0 Å². The van der Waals surface area contributed by atoms with E-state index < -0.39 is 30.4 Å². The van der Waals surface area contributed by atoms with Crippen LogP contribution in [0.5, 0.6) is 5.75 Å². The van der Waals surface area contributed by atoms with Crippen LogP contribution >= 0.6 is 0 Å².